The van der Waals surface area contributed by atoms with Gasteiger partial charge < -0.3 is 14.6 Å². The molecule has 0 saturated carbocycles. The number of aromatic nitrogens is 2. The Balaban J connectivity index is 1.86. The van der Waals surface area contributed by atoms with Gasteiger partial charge >= 0.3 is 0 Å². The molecule has 0 aromatic carbocycles. The molecule has 4 nitrogen and oxygen atoms in total. The smallest absolute Gasteiger partial charge is 0.0948 e. The van der Waals surface area contributed by atoms with E-state index in [-0.39, 0.29) is 0 Å². The second kappa shape index (κ2) is 6.01. The van der Waals surface area contributed by atoms with Crippen molar-refractivity contribution in [2.75, 3.05) is 26.8 Å². The van der Waals surface area contributed by atoms with Crippen LogP contribution in [0.25, 0.3) is 0 Å². The van der Waals surface area contributed by atoms with Crippen molar-refractivity contribution in [2.45, 2.75) is 31.7 Å². The van der Waals surface area contributed by atoms with Crippen LogP contribution in [0.3, 0.4) is 0 Å². The van der Waals surface area contributed by atoms with Crippen molar-refractivity contribution in [3.05, 3.63) is 18.2 Å². The third-order valence-electron chi connectivity index (χ3n) is 3.22. The van der Waals surface area contributed by atoms with E-state index in [9.17, 15) is 0 Å². The number of aryl methyl sites for hydroxylation is 1. The van der Waals surface area contributed by atoms with Crippen LogP contribution >= 0.6 is 0 Å². The van der Waals surface area contributed by atoms with Gasteiger partial charge in [0, 0.05) is 44.6 Å². The molecule has 1 aromatic heterocycles. The highest BCUT2D eigenvalue weighted by Gasteiger charge is 2.19. The Bertz CT molecular complexity index is 305. The van der Waals surface area contributed by atoms with Gasteiger partial charge in [0.25, 0.3) is 0 Å². The molecule has 0 amide bonds. The molecule has 0 spiro atoms. The number of hydrogen-bond acceptors (Lipinski definition) is 3. The van der Waals surface area contributed by atoms with Crippen molar-refractivity contribution in [3.63, 3.8) is 0 Å². The van der Waals surface area contributed by atoms with E-state index in [4.69, 9.17) is 4.74 Å². The van der Waals surface area contributed by atoms with Gasteiger partial charge in [-0.05, 0) is 25.8 Å². The Morgan fingerprint density at radius 2 is 2.50 bits per heavy atom. The number of methoxy groups -OCH3 is 1. The number of unbranched alkanes of at least 4 members (excludes halogenated alkanes) is 1. The van der Waals surface area contributed by atoms with Crippen molar-refractivity contribution < 1.29 is 4.74 Å². The molecule has 1 aliphatic heterocycles. The van der Waals surface area contributed by atoms with Crippen molar-refractivity contribution in [1.82, 2.24) is 14.9 Å². The summed E-state index contributed by atoms with van der Waals surface area (Å²) < 4.78 is 7.36. The topological polar surface area (TPSA) is 39.1 Å². The van der Waals surface area contributed by atoms with Crippen LogP contribution in [-0.2, 0) is 11.3 Å². The van der Waals surface area contributed by atoms with Crippen LogP contribution in [0.15, 0.2) is 12.5 Å². The zero-order chi connectivity index (χ0) is 11.2. The predicted molar refractivity (Wildman–Crippen MR) is 63.6 cm³/mol. The first kappa shape index (κ1) is 11.6. The number of nitrogens with zero attached hydrogens (tertiary/aromatic N) is 2. The molecular weight excluding hydrogens is 202 g/mol. The summed E-state index contributed by atoms with van der Waals surface area (Å²) in [5.41, 5.74) is 1.39. The van der Waals surface area contributed by atoms with Crippen LogP contribution in [0.4, 0.5) is 0 Å². The molecule has 1 unspecified atom stereocenters. The van der Waals surface area contributed by atoms with E-state index in [1.54, 1.807) is 7.11 Å². The maximum atomic E-state index is 5.06. The maximum Gasteiger partial charge on any atom is 0.0948 e. The molecule has 1 fully saturated rings. The number of nitrogens with one attached hydrogen (secondary N) is 1. The lowest BCUT2D eigenvalue weighted by atomic mass is 10.1. The Morgan fingerprint density at radius 1 is 1.56 bits per heavy atom. The van der Waals surface area contributed by atoms with Gasteiger partial charge in [-0.25, -0.2) is 4.98 Å². The molecule has 1 aliphatic rings. The fourth-order valence-corrected chi connectivity index (χ4v) is 2.29. The first-order chi connectivity index (χ1) is 7.92. The lowest BCUT2D eigenvalue weighted by molar-refractivity contribution is 0.191. The molecule has 1 aromatic rings. The van der Waals surface area contributed by atoms with E-state index in [0.717, 1.165) is 39.1 Å². The molecule has 2 heterocycles. The normalized spacial score (nSPS) is 20.4. The summed E-state index contributed by atoms with van der Waals surface area (Å²) in [5, 5.41) is 3.40. The third-order valence-corrected chi connectivity index (χ3v) is 3.22. The summed E-state index contributed by atoms with van der Waals surface area (Å²) in [7, 11) is 1.76. The van der Waals surface area contributed by atoms with Crippen LogP contribution < -0.4 is 5.32 Å². The van der Waals surface area contributed by atoms with Gasteiger partial charge in [0.05, 0.1) is 6.33 Å². The molecule has 0 radical (unpaired) electrons. The molecule has 4 heteroatoms. The van der Waals surface area contributed by atoms with Crippen LogP contribution in [0, 0.1) is 0 Å². The summed E-state index contributed by atoms with van der Waals surface area (Å²) in [5.74, 6) is 0.657. The van der Waals surface area contributed by atoms with Gasteiger partial charge in [-0.1, -0.05) is 0 Å². The second-order valence-corrected chi connectivity index (χ2v) is 4.40. The van der Waals surface area contributed by atoms with Crippen molar-refractivity contribution in [2.24, 2.45) is 0 Å². The minimum Gasteiger partial charge on any atom is -0.385 e. The van der Waals surface area contributed by atoms with Gasteiger partial charge in [0.2, 0.25) is 0 Å². The van der Waals surface area contributed by atoms with Crippen LogP contribution in [0.5, 0.6) is 0 Å². The SMILES string of the molecule is COCCCCn1cncc1C1CCNC1. The minimum atomic E-state index is 0.657. The molecular formula is C12H21N3O. The molecule has 90 valence electrons. The average molecular weight is 223 g/mol. The molecule has 2 rings (SSSR count). The molecule has 0 bridgehead atoms. The Hall–Kier alpha value is -0.870. The van der Waals surface area contributed by atoms with Crippen molar-refractivity contribution >= 4 is 0 Å². The standard InChI is InChI=1S/C12H21N3O/c1-16-7-3-2-6-15-10-14-9-12(15)11-4-5-13-8-11/h9-11,13H,2-8H2,1H3. The first-order valence-corrected chi connectivity index (χ1v) is 6.11. The fourth-order valence-electron chi connectivity index (χ4n) is 2.29. The highest BCUT2D eigenvalue weighted by molar-refractivity contribution is 5.09. The summed E-state index contributed by atoms with van der Waals surface area (Å²) in [4.78, 5) is 4.27. The highest BCUT2D eigenvalue weighted by Crippen LogP contribution is 2.22. The van der Waals surface area contributed by atoms with Crippen LogP contribution in [0.1, 0.15) is 30.9 Å². The van der Waals surface area contributed by atoms with E-state index in [2.05, 4.69) is 14.9 Å². The van der Waals surface area contributed by atoms with Crippen molar-refractivity contribution in [3.8, 4) is 0 Å². The molecule has 0 aliphatic carbocycles. The number of imidazole rings is 1. The summed E-state index contributed by atoms with van der Waals surface area (Å²) in [6.07, 6.45) is 7.51. The summed E-state index contributed by atoms with van der Waals surface area (Å²) >= 11 is 0. The van der Waals surface area contributed by atoms with E-state index in [1.807, 2.05) is 12.5 Å². The fraction of sp³-hybridized carbons (Fsp3) is 0.750. The molecule has 1 N–H and O–H groups in total. The zero-order valence-electron chi connectivity index (χ0n) is 9.98. The third kappa shape index (κ3) is 2.83. The van der Waals surface area contributed by atoms with Gasteiger partial charge in [-0.3, -0.25) is 0 Å². The molecule has 1 atom stereocenters. The Morgan fingerprint density at radius 3 is 3.25 bits per heavy atom. The summed E-state index contributed by atoms with van der Waals surface area (Å²) in [6.45, 7) is 4.16. The zero-order valence-corrected chi connectivity index (χ0v) is 9.98. The van der Waals surface area contributed by atoms with Gasteiger partial charge in [-0.15, -0.1) is 0 Å². The van der Waals surface area contributed by atoms with E-state index < -0.39 is 0 Å². The lowest BCUT2D eigenvalue weighted by Gasteiger charge is -2.12. The van der Waals surface area contributed by atoms with Crippen LogP contribution in [-0.4, -0.2) is 36.4 Å². The Labute approximate surface area is 97.0 Å². The predicted octanol–water partition coefficient (Wildman–Crippen LogP) is 1.39. The maximum absolute atomic E-state index is 5.06. The van der Waals surface area contributed by atoms with Crippen LogP contribution in [0.2, 0.25) is 0 Å². The van der Waals surface area contributed by atoms with E-state index >= 15 is 0 Å². The minimum absolute atomic E-state index is 0.657. The van der Waals surface area contributed by atoms with Gasteiger partial charge in [0.1, 0.15) is 0 Å². The van der Waals surface area contributed by atoms with E-state index in [1.165, 1.54) is 12.1 Å². The largest absolute Gasteiger partial charge is 0.385 e. The monoisotopic (exact) mass is 223 g/mol. The molecule has 1 saturated heterocycles. The number of hydrogen-bond donors (Lipinski definition) is 1. The quantitative estimate of drug-likeness (QED) is 0.741. The van der Waals surface area contributed by atoms with Gasteiger partial charge in [-0.2, -0.15) is 0 Å². The average Bonchev–Trinajstić information content (AvgIpc) is 2.94. The Kier molecular flexibility index (Phi) is 4.36. The van der Waals surface area contributed by atoms with Gasteiger partial charge in [0.15, 0.2) is 0 Å². The second-order valence-electron chi connectivity index (χ2n) is 4.40. The molecule has 16 heavy (non-hydrogen) atoms. The van der Waals surface area contributed by atoms with E-state index in [0.29, 0.717) is 5.92 Å². The highest BCUT2D eigenvalue weighted by atomic mass is 16.5. The summed E-state index contributed by atoms with van der Waals surface area (Å²) in [6, 6.07) is 0. The lowest BCUT2D eigenvalue weighted by Crippen LogP contribution is -2.11. The number of rotatable bonds is 6. The van der Waals surface area contributed by atoms with Crippen molar-refractivity contribution in [1.29, 1.82) is 0 Å². The first-order valence-electron chi connectivity index (χ1n) is 6.11. The number of ether oxygens (including phenoxy) is 1.